The Labute approximate surface area is 329 Å². The quantitative estimate of drug-likeness (QED) is 0.177. The van der Waals surface area contributed by atoms with Crippen LogP contribution in [-0.4, -0.2) is 0 Å². The van der Waals surface area contributed by atoms with Crippen LogP contribution in [0.25, 0.3) is 77.6 Å². The van der Waals surface area contributed by atoms with Gasteiger partial charge in [0.1, 0.15) is 11.2 Å². The van der Waals surface area contributed by atoms with Gasteiger partial charge in [0, 0.05) is 27.2 Å². The summed E-state index contributed by atoms with van der Waals surface area (Å²) in [6, 6.07) is 55.3. The van der Waals surface area contributed by atoms with E-state index in [0.29, 0.717) is 0 Å². The zero-order chi connectivity index (χ0) is 36.9. The van der Waals surface area contributed by atoms with Gasteiger partial charge in [-0.15, -0.1) is 0 Å². The molecule has 7 aromatic carbocycles. The maximum atomic E-state index is 6.38. The number of hydrogen-bond acceptors (Lipinski definition) is 1. The Balaban J connectivity index is 0.884. The molecule has 0 amide bonds. The molecule has 6 aliphatic carbocycles. The molecule has 1 nitrogen and oxygen atoms in total. The maximum absolute atomic E-state index is 6.38. The highest BCUT2D eigenvalue weighted by atomic mass is 16.3. The van der Waals surface area contributed by atoms with Crippen molar-refractivity contribution >= 4 is 21.9 Å². The Morgan fingerprint density at radius 1 is 0.429 bits per heavy atom. The third kappa shape index (κ3) is 4.01. The van der Waals surface area contributed by atoms with Gasteiger partial charge in [0.2, 0.25) is 0 Å². The average molecular weight is 721 g/mol. The minimum Gasteiger partial charge on any atom is -0.455 e. The molecule has 14 rings (SSSR count). The standard InChI is InChI=1S/C55H44O/c1-54(2)47-24-22-36(34-17-19-35(20-18-34)41-12-7-13-44-43-9-4-6-16-51(43)56-53(41)44)30-46(47)42-23-21-37(31-50(42)54)40-11-8-15-49-52(40)45-10-3-5-14-48(45)55(49)38-26-32-25-33(28-38)29-39(55)27-32/h3-24,30-33,38-39H,25-29H2,1-2H3. The van der Waals surface area contributed by atoms with E-state index in [2.05, 4.69) is 153 Å². The van der Waals surface area contributed by atoms with E-state index in [9.17, 15) is 0 Å². The summed E-state index contributed by atoms with van der Waals surface area (Å²) in [5.74, 6) is 3.46. The number of para-hydroxylation sites is 2. The first kappa shape index (κ1) is 31.5. The largest absolute Gasteiger partial charge is 0.455 e. The summed E-state index contributed by atoms with van der Waals surface area (Å²) in [4.78, 5) is 0. The molecule has 270 valence electrons. The van der Waals surface area contributed by atoms with Crippen molar-refractivity contribution < 1.29 is 4.42 Å². The summed E-state index contributed by atoms with van der Waals surface area (Å²) >= 11 is 0. The van der Waals surface area contributed by atoms with Crippen molar-refractivity contribution in [1.82, 2.24) is 0 Å². The molecular weight excluding hydrogens is 677 g/mol. The molecule has 0 unspecified atom stereocenters. The van der Waals surface area contributed by atoms with Crippen LogP contribution in [0.5, 0.6) is 0 Å². The minimum absolute atomic E-state index is 0.0904. The van der Waals surface area contributed by atoms with Gasteiger partial charge in [0.25, 0.3) is 0 Å². The van der Waals surface area contributed by atoms with Crippen molar-refractivity contribution in [2.24, 2.45) is 23.7 Å². The molecule has 4 bridgehead atoms. The van der Waals surface area contributed by atoms with Crippen LogP contribution in [-0.2, 0) is 10.8 Å². The molecule has 0 atom stereocenters. The van der Waals surface area contributed by atoms with Crippen LogP contribution in [0.15, 0.2) is 150 Å². The van der Waals surface area contributed by atoms with E-state index in [4.69, 9.17) is 4.42 Å². The highest BCUT2D eigenvalue weighted by Gasteiger charge is 2.61. The lowest BCUT2D eigenvalue weighted by atomic mass is 9.43. The van der Waals surface area contributed by atoms with Gasteiger partial charge in [-0.1, -0.05) is 141 Å². The highest BCUT2D eigenvalue weighted by Crippen LogP contribution is 2.70. The summed E-state index contributed by atoms with van der Waals surface area (Å²) in [7, 11) is 0. The van der Waals surface area contributed by atoms with Gasteiger partial charge in [-0.2, -0.15) is 0 Å². The second-order valence-electron chi connectivity index (χ2n) is 18.5. The van der Waals surface area contributed by atoms with E-state index in [1.54, 1.807) is 11.1 Å². The normalized spacial score (nSPS) is 24.5. The van der Waals surface area contributed by atoms with Gasteiger partial charge in [-0.25, -0.2) is 0 Å². The topological polar surface area (TPSA) is 13.1 Å². The van der Waals surface area contributed by atoms with Crippen LogP contribution in [0.1, 0.15) is 68.2 Å². The molecule has 8 aromatic rings. The van der Waals surface area contributed by atoms with Gasteiger partial charge in [-0.3, -0.25) is 0 Å². The molecule has 0 N–H and O–H groups in total. The third-order valence-electron chi connectivity index (χ3n) is 15.5. The summed E-state index contributed by atoms with van der Waals surface area (Å²) in [6.07, 6.45) is 7.16. The van der Waals surface area contributed by atoms with E-state index in [1.165, 1.54) is 104 Å². The van der Waals surface area contributed by atoms with Crippen LogP contribution in [0.4, 0.5) is 0 Å². The fourth-order valence-corrected chi connectivity index (χ4v) is 13.4. The van der Waals surface area contributed by atoms with Crippen LogP contribution in [0.2, 0.25) is 0 Å². The SMILES string of the molecule is CC1(C)c2ccc(-c3ccc(-c4cccc5c4oc4ccccc45)cc3)cc2-c2ccc(-c3cccc4c3-c3ccccc3C43C4CC5CC(C4)CC3C5)cc21. The Bertz CT molecular complexity index is 2920. The number of hydrogen-bond donors (Lipinski definition) is 0. The Hall–Kier alpha value is -5.66. The van der Waals surface area contributed by atoms with E-state index >= 15 is 0 Å². The fourth-order valence-electron chi connectivity index (χ4n) is 13.4. The first-order chi connectivity index (χ1) is 27.5. The molecule has 1 heteroatoms. The Kier molecular flexibility index (Phi) is 6.20. The zero-order valence-electron chi connectivity index (χ0n) is 32.1. The molecule has 4 fully saturated rings. The van der Waals surface area contributed by atoms with Crippen molar-refractivity contribution in [3.8, 4) is 55.6 Å². The number of furan rings is 1. The predicted molar refractivity (Wildman–Crippen MR) is 231 cm³/mol. The molecule has 1 aromatic heterocycles. The van der Waals surface area contributed by atoms with Crippen molar-refractivity contribution in [3.63, 3.8) is 0 Å². The van der Waals surface area contributed by atoms with Crippen LogP contribution >= 0.6 is 0 Å². The maximum Gasteiger partial charge on any atom is 0.143 e. The molecule has 1 heterocycles. The fraction of sp³-hybridized carbons (Fsp3) is 0.236. The van der Waals surface area contributed by atoms with E-state index in [0.717, 1.165) is 40.4 Å². The van der Waals surface area contributed by atoms with Gasteiger partial charge in [0.05, 0.1) is 0 Å². The molecule has 0 radical (unpaired) electrons. The molecule has 1 spiro atoms. The van der Waals surface area contributed by atoms with Gasteiger partial charge in [0.15, 0.2) is 0 Å². The number of fused-ring (bicyclic) bond motifs is 9. The van der Waals surface area contributed by atoms with Gasteiger partial charge in [-0.05, 0) is 146 Å². The van der Waals surface area contributed by atoms with E-state index < -0.39 is 0 Å². The second-order valence-corrected chi connectivity index (χ2v) is 18.5. The lowest BCUT2D eigenvalue weighted by Gasteiger charge is -2.61. The zero-order valence-corrected chi connectivity index (χ0v) is 32.1. The third-order valence-corrected chi connectivity index (χ3v) is 15.5. The molecular formula is C55H44O. The minimum atomic E-state index is -0.0904. The summed E-state index contributed by atoms with van der Waals surface area (Å²) < 4.78 is 6.38. The smallest absolute Gasteiger partial charge is 0.143 e. The summed E-state index contributed by atoms with van der Waals surface area (Å²) in [5, 5.41) is 2.33. The Morgan fingerprint density at radius 3 is 1.91 bits per heavy atom. The Morgan fingerprint density at radius 2 is 1.07 bits per heavy atom. The predicted octanol–water partition coefficient (Wildman–Crippen LogP) is 14.6. The van der Waals surface area contributed by atoms with E-state index in [-0.39, 0.29) is 10.8 Å². The second kappa shape index (κ2) is 11.0. The molecule has 6 aliphatic rings. The number of rotatable bonds is 3. The summed E-state index contributed by atoms with van der Waals surface area (Å²) in [5.41, 5.74) is 21.4. The van der Waals surface area contributed by atoms with Crippen molar-refractivity contribution in [1.29, 1.82) is 0 Å². The van der Waals surface area contributed by atoms with Gasteiger partial charge < -0.3 is 4.42 Å². The van der Waals surface area contributed by atoms with Gasteiger partial charge >= 0.3 is 0 Å². The van der Waals surface area contributed by atoms with E-state index in [1.807, 2.05) is 6.07 Å². The molecule has 0 saturated heterocycles. The lowest BCUT2D eigenvalue weighted by molar-refractivity contribution is -0.0399. The first-order valence-corrected chi connectivity index (χ1v) is 21.0. The molecule has 4 saturated carbocycles. The van der Waals surface area contributed by atoms with Crippen molar-refractivity contribution in [2.75, 3.05) is 0 Å². The van der Waals surface area contributed by atoms with Crippen molar-refractivity contribution in [2.45, 2.75) is 56.8 Å². The van der Waals surface area contributed by atoms with Crippen molar-refractivity contribution in [3.05, 3.63) is 168 Å². The summed E-state index contributed by atoms with van der Waals surface area (Å²) in [6.45, 7) is 4.84. The molecule has 0 aliphatic heterocycles. The number of benzene rings is 7. The van der Waals surface area contributed by atoms with Crippen LogP contribution < -0.4 is 0 Å². The van der Waals surface area contributed by atoms with Crippen LogP contribution in [0, 0.1) is 23.7 Å². The highest BCUT2D eigenvalue weighted by molar-refractivity contribution is 6.09. The molecule has 56 heavy (non-hydrogen) atoms. The first-order valence-electron chi connectivity index (χ1n) is 21.0. The lowest BCUT2D eigenvalue weighted by Crippen LogP contribution is -2.55. The average Bonchev–Trinajstić information content (AvgIpc) is 3.83. The van der Waals surface area contributed by atoms with Crippen LogP contribution in [0.3, 0.4) is 0 Å². The monoisotopic (exact) mass is 720 g/mol.